The molecule has 6 heteroatoms. The second-order valence-electron chi connectivity index (χ2n) is 8.20. The van der Waals surface area contributed by atoms with E-state index in [9.17, 15) is 4.79 Å². The summed E-state index contributed by atoms with van der Waals surface area (Å²) >= 11 is 0. The fraction of sp³-hybridized carbons (Fsp3) is 0.650. The Hall–Kier alpha value is -1.79. The van der Waals surface area contributed by atoms with E-state index in [1.807, 2.05) is 18.4 Å². The van der Waals surface area contributed by atoms with Crippen molar-refractivity contribution < 1.29 is 9.53 Å². The fourth-order valence-electron chi connectivity index (χ4n) is 5.23. The van der Waals surface area contributed by atoms with Gasteiger partial charge in [0, 0.05) is 31.9 Å². The van der Waals surface area contributed by atoms with Gasteiger partial charge in [0.2, 0.25) is 0 Å². The zero-order valence-corrected chi connectivity index (χ0v) is 15.2. The Kier molecular flexibility index (Phi) is 4.25. The van der Waals surface area contributed by atoms with Crippen molar-refractivity contribution >= 4 is 5.91 Å². The predicted molar refractivity (Wildman–Crippen MR) is 98.7 cm³/mol. The lowest BCUT2D eigenvalue weighted by molar-refractivity contribution is -0.126. The Morgan fingerprint density at radius 1 is 1.23 bits per heavy atom. The highest BCUT2D eigenvalue weighted by molar-refractivity contribution is 5.83. The molecule has 2 saturated carbocycles. The molecule has 0 aromatic heterocycles. The average molecular weight is 356 g/mol. The summed E-state index contributed by atoms with van der Waals surface area (Å²) in [6, 6.07) is 0.374. The van der Waals surface area contributed by atoms with Crippen LogP contribution in [0.4, 0.5) is 0 Å². The largest absolute Gasteiger partial charge is 0.379 e. The molecule has 0 aromatic carbocycles. The Morgan fingerprint density at radius 2 is 2.12 bits per heavy atom. The van der Waals surface area contributed by atoms with E-state index < -0.39 is 0 Å². The molecule has 3 aliphatic heterocycles. The molecular weight excluding hydrogens is 328 g/mol. The van der Waals surface area contributed by atoms with Gasteiger partial charge in [-0.15, -0.1) is 0 Å². The number of rotatable bonds is 4. The number of amides is 1. The summed E-state index contributed by atoms with van der Waals surface area (Å²) < 4.78 is 5.45. The van der Waals surface area contributed by atoms with E-state index in [0.717, 1.165) is 50.2 Å². The van der Waals surface area contributed by atoms with E-state index in [1.54, 1.807) is 0 Å². The van der Waals surface area contributed by atoms with E-state index in [4.69, 9.17) is 4.74 Å². The van der Waals surface area contributed by atoms with Gasteiger partial charge in [0.1, 0.15) is 0 Å². The first kappa shape index (κ1) is 16.4. The van der Waals surface area contributed by atoms with Gasteiger partial charge in [-0.05, 0) is 43.3 Å². The number of morpholine rings is 1. The zero-order valence-electron chi connectivity index (χ0n) is 15.2. The first-order chi connectivity index (χ1) is 12.8. The summed E-state index contributed by atoms with van der Waals surface area (Å²) in [5.41, 5.74) is 2.26. The van der Waals surface area contributed by atoms with Gasteiger partial charge in [-0.25, -0.2) is 0 Å². The lowest BCUT2D eigenvalue weighted by Crippen LogP contribution is -2.52. The standard InChI is InChI=1S/C20H28N4O2/c25-20(22-16-12-14-4-5-15(16)11-14)19-21-17(13-23-7-9-26-10-8-23)18-3-1-2-6-24(18)19/h1-3,6,14-16,19,21H,4-5,7-13H2,(H,22,25). The summed E-state index contributed by atoms with van der Waals surface area (Å²) in [5, 5.41) is 6.85. The minimum atomic E-state index is -0.332. The topological polar surface area (TPSA) is 56.8 Å². The lowest BCUT2D eigenvalue weighted by atomic mass is 9.95. The molecule has 3 fully saturated rings. The number of fused-ring (bicyclic) bond motifs is 3. The summed E-state index contributed by atoms with van der Waals surface area (Å²) in [7, 11) is 0. The fourth-order valence-corrected chi connectivity index (χ4v) is 5.23. The van der Waals surface area contributed by atoms with Crippen LogP contribution in [-0.2, 0) is 9.53 Å². The molecular formula is C20H28N4O2. The molecule has 2 bridgehead atoms. The van der Waals surface area contributed by atoms with Crippen molar-refractivity contribution in [1.82, 2.24) is 20.4 Å². The van der Waals surface area contributed by atoms with Crippen molar-refractivity contribution in [3.05, 3.63) is 35.8 Å². The molecule has 1 amide bonds. The maximum absolute atomic E-state index is 13.0. The zero-order chi connectivity index (χ0) is 17.5. The molecule has 6 nitrogen and oxygen atoms in total. The van der Waals surface area contributed by atoms with E-state index in [0.29, 0.717) is 12.0 Å². The van der Waals surface area contributed by atoms with Crippen LogP contribution in [-0.4, -0.2) is 60.8 Å². The van der Waals surface area contributed by atoms with Gasteiger partial charge < -0.3 is 20.3 Å². The van der Waals surface area contributed by atoms with Gasteiger partial charge in [-0.1, -0.05) is 12.5 Å². The van der Waals surface area contributed by atoms with Crippen LogP contribution < -0.4 is 10.6 Å². The Balaban J connectivity index is 1.27. The summed E-state index contributed by atoms with van der Waals surface area (Å²) in [6.07, 6.45) is 12.9. The molecule has 140 valence electrons. The highest BCUT2D eigenvalue weighted by Gasteiger charge is 2.42. The minimum Gasteiger partial charge on any atom is -0.379 e. The third kappa shape index (κ3) is 2.95. The summed E-state index contributed by atoms with van der Waals surface area (Å²) in [6.45, 7) is 4.30. The van der Waals surface area contributed by atoms with Crippen LogP contribution in [0.3, 0.4) is 0 Å². The van der Waals surface area contributed by atoms with Crippen LogP contribution in [0.1, 0.15) is 25.7 Å². The first-order valence-corrected chi connectivity index (χ1v) is 10.0. The number of ether oxygens (including phenoxy) is 1. The number of carbonyl (C=O) groups is 1. The number of nitrogens with zero attached hydrogens (tertiary/aromatic N) is 2. The number of allylic oxidation sites excluding steroid dienone is 3. The van der Waals surface area contributed by atoms with Gasteiger partial charge in [-0.3, -0.25) is 9.69 Å². The smallest absolute Gasteiger partial charge is 0.264 e. The number of hydrogen-bond donors (Lipinski definition) is 2. The molecule has 3 heterocycles. The van der Waals surface area contributed by atoms with Gasteiger partial charge in [-0.2, -0.15) is 0 Å². The van der Waals surface area contributed by atoms with Gasteiger partial charge in [0.25, 0.3) is 5.91 Å². The lowest BCUT2D eigenvalue weighted by Gasteiger charge is -2.29. The monoisotopic (exact) mass is 356 g/mol. The van der Waals surface area contributed by atoms with Crippen molar-refractivity contribution in [3.63, 3.8) is 0 Å². The van der Waals surface area contributed by atoms with Gasteiger partial charge >= 0.3 is 0 Å². The van der Waals surface area contributed by atoms with Crippen molar-refractivity contribution in [2.45, 2.75) is 37.9 Å². The van der Waals surface area contributed by atoms with Gasteiger partial charge in [0.05, 0.1) is 24.6 Å². The third-order valence-corrected chi connectivity index (χ3v) is 6.59. The minimum absolute atomic E-state index is 0.108. The number of carbonyl (C=O) groups excluding carboxylic acids is 1. The Morgan fingerprint density at radius 3 is 2.88 bits per heavy atom. The van der Waals surface area contributed by atoms with E-state index in [1.165, 1.54) is 25.7 Å². The van der Waals surface area contributed by atoms with Crippen molar-refractivity contribution in [1.29, 1.82) is 0 Å². The van der Waals surface area contributed by atoms with Crippen LogP contribution in [0.25, 0.3) is 0 Å². The third-order valence-electron chi connectivity index (χ3n) is 6.59. The normalized spacial score (nSPS) is 35.8. The van der Waals surface area contributed by atoms with Crippen LogP contribution in [0, 0.1) is 11.8 Å². The average Bonchev–Trinajstić information content (AvgIpc) is 3.37. The molecule has 5 rings (SSSR count). The first-order valence-electron chi connectivity index (χ1n) is 10.0. The Bertz CT molecular complexity index is 665. The van der Waals surface area contributed by atoms with Crippen LogP contribution in [0.15, 0.2) is 35.8 Å². The van der Waals surface area contributed by atoms with E-state index in [-0.39, 0.29) is 12.1 Å². The maximum atomic E-state index is 13.0. The highest BCUT2D eigenvalue weighted by Crippen LogP contribution is 2.44. The molecule has 5 aliphatic rings. The van der Waals surface area contributed by atoms with Crippen molar-refractivity contribution in [2.75, 3.05) is 32.8 Å². The second kappa shape index (κ2) is 6.74. The molecule has 26 heavy (non-hydrogen) atoms. The summed E-state index contributed by atoms with van der Waals surface area (Å²) in [5.74, 6) is 1.64. The summed E-state index contributed by atoms with van der Waals surface area (Å²) in [4.78, 5) is 17.5. The van der Waals surface area contributed by atoms with Crippen molar-refractivity contribution in [2.24, 2.45) is 11.8 Å². The molecule has 0 aromatic rings. The van der Waals surface area contributed by atoms with Crippen molar-refractivity contribution in [3.8, 4) is 0 Å². The maximum Gasteiger partial charge on any atom is 0.264 e. The van der Waals surface area contributed by atoms with Crippen LogP contribution >= 0.6 is 0 Å². The molecule has 4 unspecified atom stereocenters. The quantitative estimate of drug-likeness (QED) is 0.791. The number of hydrogen-bond acceptors (Lipinski definition) is 5. The predicted octanol–water partition coefficient (Wildman–Crippen LogP) is 1.15. The molecule has 2 aliphatic carbocycles. The Labute approximate surface area is 154 Å². The number of nitrogens with one attached hydrogen (secondary N) is 2. The molecule has 0 spiro atoms. The van der Waals surface area contributed by atoms with Crippen LogP contribution in [0.5, 0.6) is 0 Å². The molecule has 1 saturated heterocycles. The van der Waals surface area contributed by atoms with Gasteiger partial charge in [0.15, 0.2) is 6.17 Å². The van der Waals surface area contributed by atoms with E-state index >= 15 is 0 Å². The molecule has 2 N–H and O–H groups in total. The van der Waals surface area contributed by atoms with Crippen LogP contribution in [0.2, 0.25) is 0 Å². The highest BCUT2D eigenvalue weighted by atomic mass is 16.5. The second-order valence-corrected chi connectivity index (χ2v) is 8.20. The molecule has 0 radical (unpaired) electrons. The molecule has 4 atom stereocenters. The SMILES string of the molecule is O=C(NC1CC2CCC1C2)C1NC(CN2CCOCC2)=C2C=CC=CN21. The van der Waals surface area contributed by atoms with E-state index in [2.05, 4.69) is 26.5 Å².